The summed E-state index contributed by atoms with van der Waals surface area (Å²) in [6.45, 7) is 3.92. The summed E-state index contributed by atoms with van der Waals surface area (Å²) < 4.78 is 0. The molecule has 3 nitrogen and oxygen atoms in total. The maximum Gasteiger partial charge on any atom is 0.239 e. The van der Waals surface area contributed by atoms with Crippen molar-refractivity contribution in [3.63, 3.8) is 0 Å². The third kappa shape index (κ3) is 3.54. The summed E-state index contributed by atoms with van der Waals surface area (Å²) in [5.41, 5.74) is 5.99. The molecule has 0 heterocycles. The van der Waals surface area contributed by atoms with E-state index < -0.39 is 5.54 Å². The van der Waals surface area contributed by atoms with Gasteiger partial charge >= 0.3 is 0 Å². The van der Waals surface area contributed by atoms with Gasteiger partial charge in [0.2, 0.25) is 5.91 Å². The first-order chi connectivity index (χ1) is 7.45. The molecule has 0 radical (unpaired) electrons. The van der Waals surface area contributed by atoms with E-state index in [1.807, 2.05) is 30.5 Å². The van der Waals surface area contributed by atoms with Gasteiger partial charge in [0.05, 0.1) is 5.54 Å². The number of nitrogens with one attached hydrogen (secondary N) is 1. The second-order valence-electron chi connectivity index (χ2n) is 4.22. The van der Waals surface area contributed by atoms with E-state index in [1.54, 1.807) is 25.6 Å². The number of thioether (sulfide) groups is 1. The van der Waals surface area contributed by atoms with Gasteiger partial charge in [0, 0.05) is 11.4 Å². The Bertz CT molecular complexity index is 372. The Balaban J connectivity index is 2.65. The lowest BCUT2D eigenvalue weighted by atomic mass is 10.1. The van der Waals surface area contributed by atoms with Crippen molar-refractivity contribution in [1.82, 2.24) is 5.32 Å². The largest absolute Gasteiger partial charge is 0.350 e. The van der Waals surface area contributed by atoms with Crippen molar-refractivity contribution in [1.29, 1.82) is 0 Å². The molecule has 0 aliphatic heterocycles. The van der Waals surface area contributed by atoms with Crippen LogP contribution < -0.4 is 11.1 Å². The molecule has 0 spiro atoms. The molecule has 0 unspecified atom stereocenters. The van der Waals surface area contributed by atoms with Gasteiger partial charge in [-0.2, -0.15) is 0 Å². The Morgan fingerprint density at radius 2 is 2.06 bits per heavy atom. The molecule has 3 N–H and O–H groups in total. The molecule has 1 aromatic rings. The monoisotopic (exact) mass is 238 g/mol. The van der Waals surface area contributed by atoms with E-state index in [-0.39, 0.29) is 5.91 Å². The molecule has 0 saturated carbocycles. The SMILES string of the molecule is CSc1ccccc1CNC(=O)C(C)(C)N. The summed E-state index contributed by atoms with van der Waals surface area (Å²) in [5.74, 6) is -0.136. The maximum absolute atomic E-state index is 11.6. The van der Waals surface area contributed by atoms with E-state index in [1.165, 1.54) is 4.90 Å². The first kappa shape index (κ1) is 13.1. The summed E-state index contributed by atoms with van der Waals surface area (Å²) in [6.07, 6.45) is 2.02. The van der Waals surface area contributed by atoms with Crippen LogP contribution in [0.4, 0.5) is 0 Å². The highest BCUT2D eigenvalue weighted by atomic mass is 32.2. The van der Waals surface area contributed by atoms with Gasteiger partial charge in [-0.15, -0.1) is 11.8 Å². The average molecular weight is 238 g/mol. The van der Waals surface area contributed by atoms with Gasteiger partial charge in [-0.3, -0.25) is 4.79 Å². The van der Waals surface area contributed by atoms with Crippen LogP contribution in [-0.2, 0) is 11.3 Å². The van der Waals surface area contributed by atoms with E-state index in [0.29, 0.717) is 6.54 Å². The molecule has 0 aliphatic carbocycles. The fraction of sp³-hybridized carbons (Fsp3) is 0.417. The lowest BCUT2D eigenvalue weighted by Crippen LogP contribution is -2.48. The van der Waals surface area contributed by atoms with Crippen LogP contribution in [0.25, 0.3) is 0 Å². The average Bonchev–Trinajstić information content (AvgIpc) is 2.24. The highest BCUT2D eigenvalue weighted by Gasteiger charge is 2.21. The quantitative estimate of drug-likeness (QED) is 0.786. The number of carbonyl (C=O) groups is 1. The van der Waals surface area contributed by atoms with Crippen LogP contribution in [0.2, 0.25) is 0 Å². The molecule has 0 aliphatic rings. The van der Waals surface area contributed by atoms with Crippen molar-refractivity contribution in [2.75, 3.05) is 6.26 Å². The van der Waals surface area contributed by atoms with Crippen LogP contribution in [0.15, 0.2) is 29.2 Å². The van der Waals surface area contributed by atoms with E-state index in [9.17, 15) is 4.79 Å². The number of amides is 1. The molecule has 0 bridgehead atoms. The zero-order valence-electron chi connectivity index (χ0n) is 9.91. The van der Waals surface area contributed by atoms with E-state index in [4.69, 9.17) is 5.73 Å². The van der Waals surface area contributed by atoms with Gasteiger partial charge in [-0.25, -0.2) is 0 Å². The second kappa shape index (κ2) is 5.37. The van der Waals surface area contributed by atoms with Crippen molar-refractivity contribution in [3.8, 4) is 0 Å². The number of carbonyl (C=O) groups excluding carboxylic acids is 1. The van der Waals surface area contributed by atoms with Crippen LogP contribution >= 0.6 is 11.8 Å². The third-order valence-corrected chi connectivity index (χ3v) is 3.06. The Labute approximate surface area is 101 Å². The normalized spacial score (nSPS) is 11.2. The highest BCUT2D eigenvalue weighted by molar-refractivity contribution is 7.98. The van der Waals surface area contributed by atoms with Gasteiger partial charge < -0.3 is 11.1 Å². The lowest BCUT2D eigenvalue weighted by Gasteiger charge is -2.18. The first-order valence-electron chi connectivity index (χ1n) is 5.14. The number of hydrogen-bond acceptors (Lipinski definition) is 3. The molecular weight excluding hydrogens is 220 g/mol. The summed E-state index contributed by atoms with van der Waals surface area (Å²) in [6, 6.07) is 8.01. The molecule has 0 aromatic heterocycles. The highest BCUT2D eigenvalue weighted by Crippen LogP contribution is 2.19. The van der Waals surface area contributed by atoms with Crippen LogP contribution in [-0.4, -0.2) is 17.7 Å². The van der Waals surface area contributed by atoms with Gasteiger partial charge in [-0.1, -0.05) is 18.2 Å². The first-order valence-corrected chi connectivity index (χ1v) is 6.36. The van der Waals surface area contributed by atoms with Gasteiger partial charge in [0.25, 0.3) is 0 Å². The van der Waals surface area contributed by atoms with Crippen molar-refractivity contribution >= 4 is 17.7 Å². The zero-order valence-corrected chi connectivity index (χ0v) is 10.7. The van der Waals surface area contributed by atoms with Gasteiger partial charge in [0.15, 0.2) is 0 Å². The predicted molar refractivity (Wildman–Crippen MR) is 68.3 cm³/mol. The third-order valence-electron chi connectivity index (χ3n) is 2.22. The van der Waals surface area contributed by atoms with Crippen molar-refractivity contribution in [3.05, 3.63) is 29.8 Å². The van der Waals surface area contributed by atoms with Crippen LogP contribution in [0.3, 0.4) is 0 Å². The topological polar surface area (TPSA) is 55.1 Å². The van der Waals surface area contributed by atoms with E-state index in [0.717, 1.165) is 5.56 Å². The van der Waals surface area contributed by atoms with E-state index >= 15 is 0 Å². The Hall–Kier alpha value is -1.00. The molecule has 88 valence electrons. The minimum Gasteiger partial charge on any atom is -0.350 e. The molecule has 16 heavy (non-hydrogen) atoms. The summed E-state index contributed by atoms with van der Waals surface area (Å²) in [5, 5.41) is 2.84. The van der Waals surface area contributed by atoms with Crippen molar-refractivity contribution in [2.45, 2.75) is 30.8 Å². The molecule has 0 saturated heterocycles. The second-order valence-corrected chi connectivity index (χ2v) is 5.06. The zero-order chi connectivity index (χ0) is 12.2. The smallest absolute Gasteiger partial charge is 0.239 e. The Kier molecular flexibility index (Phi) is 4.38. The predicted octanol–water partition coefficient (Wildman–Crippen LogP) is 1.76. The molecule has 0 fully saturated rings. The van der Waals surface area contributed by atoms with E-state index in [2.05, 4.69) is 5.32 Å². The molecule has 1 rings (SSSR count). The van der Waals surface area contributed by atoms with Gasteiger partial charge in [-0.05, 0) is 31.7 Å². The number of benzene rings is 1. The minimum atomic E-state index is -0.825. The number of hydrogen-bond donors (Lipinski definition) is 2. The fourth-order valence-corrected chi connectivity index (χ4v) is 1.87. The van der Waals surface area contributed by atoms with Crippen LogP contribution in [0, 0.1) is 0 Å². The summed E-state index contributed by atoms with van der Waals surface area (Å²) in [7, 11) is 0. The van der Waals surface area contributed by atoms with Gasteiger partial charge in [0.1, 0.15) is 0 Å². The lowest BCUT2D eigenvalue weighted by molar-refractivity contribution is -0.125. The number of nitrogens with two attached hydrogens (primary N) is 1. The Morgan fingerprint density at radius 1 is 1.44 bits per heavy atom. The van der Waals surface area contributed by atoms with Crippen molar-refractivity contribution in [2.24, 2.45) is 5.73 Å². The molecule has 1 amide bonds. The molecule has 4 heteroatoms. The molecule has 0 atom stereocenters. The van der Waals surface area contributed by atoms with Crippen LogP contribution in [0.1, 0.15) is 19.4 Å². The summed E-state index contributed by atoms with van der Waals surface area (Å²) >= 11 is 1.67. The minimum absolute atomic E-state index is 0.136. The standard InChI is InChI=1S/C12H18N2OS/c1-12(2,13)11(15)14-8-9-6-4-5-7-10(9)16-3/h4-7H,8,13H2,1-3H3,(H,14,15). The fourth-order valence-electron chi connectivity index (χ4n) is 1.25. The maximum atomic E-state index is 11.6. The molecule has 1 aromatic carbocycles. The Morgan fingerprint density at radius 3 is 2.62 bits per heavy atom. The molecular formula is C12H18N2OS. The number of rotatable bonds is 4. The van der Waals surface area contributed by atoms with Crippen molar-refractivity contribution < 1.29 is 4.79 Å². The summed E-state index contributed by atoms with van der Waals surface area (Å²) in [4.78, 5) is 12.8. The van der Waals surface area contributed by atoms with Crippen LogP contribution in [0.5, 0.6) is 0 Å².